The maximum Gasteiger partial charge on any atom is 0.258 e. The van der Waals surface area contributed by atoms with Crippen LogP contribution in [0.2, 0.25) is 0 Å². The monoisotopic (exact) mass is 525 g/mol. The van der Waals surface area contributed by atoms with Crippen LogP contribution in [0.5, 0.6) is 0 Å². The lowest BCUT2D eigenvalue weighted by Crippen LogP contribution is -2.62. The predicted molar refractivity (Wildman–Crippen MR) is 140 cm³/mol. The van der Waals surface area contributed by atoms with Crippen LogP contribution in [0.3, 0.4) is 0 Å². The fourth-order valence-corrected chi connectivity index (χ4v) is 4.60. The number of hydrogen-bond donors (Lipinski definition) is 5. The Morgan fingerprint density at radius 1 is 1.13 bits per heavy atom. The molecular weight excluding hydrogens is 490 g/mol. The molecule has 5 bridgehead atoms. The molecule has 2 aliphatic rings. The van der Waals surface area contributed by atoms with E-state index in [0.29, 0.717) is 25.1 Å². The normalized spacial score (nSPS) is 29.4. The quantitative estimate of drug-likeness (QED) is 0.368. The number of pyridine rings is 1. The summed E-state index contributed by atoms with van der Waals surface area (Å²) in [6.07, 6.45) is 3.46. The van der Waals surface area contributed by atoms with E-state index in [4.69, 9.17) is 4.74 Å². The second kappa shape index (κ2) is 12.0. The first-order valence-corrected chi connectivity index (χ1v) is 12.9. The number of carbonyl (C=O) groups excluding carboxylic acids is 3. The fraction of sp³-hybridized carbons (Fsp3) is 0.481. The van der Waals surface area contributed by atoms with Crippen molar-refractivity contribution in [2.24, 2.45) is 0 Å². The van der Waals surface area contributed by atoms with Crippen molar-refractivity contribution in [3.63, 3.8) is 0 Å². The Morgan fingerprint density at radius 3 is 2.68 bits per heavy atom. The average Bonchev–Trinajstić information content (AvgIpc) is 2.90. The summed E-state index contributed by atoms with van der Waals surface area (Å²) in [6, 6.07) is 5.00. The van der Waals surface area contributed by atoms with E-state index in [9.17, 15) is 24.6 Å². The summed E-state index contributed by atoms with van der Waals surface area (Å²) in [7, 11) is 0. The highest BCUT2D eigenvalue weighted by atomic mass is 16.6. The number of nitrogens with one attached hydrogen (secondary N) is 3. The second-order valence-electron chi connectivity index (χ2n) is 9.87. The van der Waals surface area contributed by atoms with Gasteiger partial charge in [-0.3, -0.25) is 24.4 Å². The second-order valence-corrected chi connectivity index (χ2v) is 9.87. The average molecular weight is 526 g/mol. The Kier molecular flexibility index (Phi) is 8.72. The Morgan fingerprint density at radius 2 is 1.92 bits per heavy atom. The number of hydrogen-bond acceptors (Lipinski definition) is 8. The Balaban J connectivity index is 1.64. The van der Waals surface area contributed by atoms with E-state index < -0.39 is 54.3 Å². The maximum atomic E-state index is 13.1. The third-order valence-corrected chi connectivity index (χ3v) is 6.81. The highest BCUT2D eigenvalue weighted by molar-refractivity contribution is 5.92. The molecule has 5 N–H and O–H groups in total. The minimum Gasteiger partial charge on any atom is -0.391 e. The van der Waals surface area contributed by atoms with E-state index in [0.717, 1.165) is 16.3 Å². The lowest BCUT2D eigenvalue weighted by atomic mass is 10.0. The van der Waals surface area contributed by atoms with Gasteiger partial charge in [0.25, 0.3) is 5.91 Å². The molecule has 1 aromatic heterocycles. The standard InChI is InChI=1S/C27H35N5O6/c1-15-26(36)32-11-5-7-22(31-32)27(37)38-17(3)18-9-10-19-14-28-21(13-20(19)12-18)6-4-8-23(34)30-24(16(2)33)25(35)29-15/h4,6,9-10,12-17,22,24,27,31,33,37H,5,7-8,11H2,1-3H3,(H,29,35)(H,30,34)/b6-4+/t15-,16?,17+,22-,24-,27?/m0/s1. The van der Waals surface area contributed by atoms with E-state index in [-0.39, 0.29) is 6.42 Å². The Labute approximate surface area is 221 Å². The van der Waals surface area contributed by atoms with Crippen LogP contribution in [-0.4, -0.2) is 75.0 Å². The Bertz CT molecular complexity index is 1220. The molecule has 1 fully saturated rings. The molecular formula is C27H35N5O6. The molecule has 11 nitrogen and oxygen atoms in total. The van der Waals surface area contributed by atoms with Crippen LogP contribution >= 0.6 is 0 Å². The van der Waals surface area contributed by atoms with E-state index in [2.05, 4.69) is 21.0 Å². The van der Waals surface area contributed by atoms with Crippen molar-refractivity contribution in [3.05, 3.63) is 47.8 Å². The molecule has 2 aliphatic heterocycles. The molecule has 2 aromatic rings. The van der Waals surface area contributed by atoms with Crippen molar-refractivity contribution in [3.8, 4) is 0 Å². The molecule has 2 unspecified atom stereocenters. The van der Waals surface area contributed by atoms with Crippen molar-refractivity contribution >= 4 is 34.6 Å². The van der Waals surface area contributed by atoms with Gasteiger partial charge in [-0.2, -0.15) is 0 Å². The number of ether oxygens (including phenoxy) is 1. The third kappa shape index (κ3) is 6.54. The van der Waals surface area contributed by atoms with Gasteiger partial charge in [-0.25, -0.2) is 5.43 Å². The van der Waals surface area contributed by atoms with Crippen LogP contribution in [0, 0.1) is 0 Å². The third-order valence-electron chi connectivity index (χ3n) is 6.81. The van der Waals surface area contributed by atoms with Gasteiger partial charge in [-0.1, -0.05) is 18.2 Å². The topological polar surface area (TPSA) is 153 Å². The number of nitrogens with zero attached hydrogens (tertiary/aromatic N) is 2. The van der Waals surface area contributed by atoms with Crippen molar-refractivity contribution in [1.29, 1.82) is 0 Å². The van der Waals surface area contributed by atoms with Gasteiger partial charge >= 0.3 is 0 Å². The molecule has 0 radical (unpaired) electrons. The fourth-order valence-electron chi connectivity index (χ4n) is 4.60. The first kappa shape index (κ1) is 27.6. The molecule has 38 heavy (non-hydrogen) atoms. The van der Waals surface area contributed by atoms with Crippen LogP contribution in [0.15, 0.2) is 36.5 Å². The summed E-state index contributed by atoms with van der Waals surface area (Å²) in [5.74, 6) is -1.55. The Hall–Kier alpha value is -3.38. The number of amides is 3. The maximum absolute atomic E-state index is 13.1. The summed E-state index contributed by atoms with van der Waals surface area (Å²) < 4.78 is 5.93. The lowest BCUT2D eigenvalue weighted by Gasteiger charge is -2.38. The molecule has 1 saturated heterocycles. The summed E-state index contributed by atoms with van der Waals surface area (Å²) >= 11 is 0. The number of rotatable bonds is 1. The summed E-state index contributed by atoms with van der Waals surface area (Å²) in [5, 5.41) is 29.3. The number of aliphatic hydroxyl groups excluding tert-OH is 2. The molecule has 11 heteroatoms. The summed E-state index contributed by atoms with van der Waals surface area (Å²) in [4.78, 5) is 42.8. The SMILES string of the molecule is CC(O)[C@@H]1NC(=O)C/C=C/c2cc3cc(ccc3cn2)[C@@H](C)OC(O)[C@@H]2CCCN(N2)C(=O)[C@H](C)NC1=O. The van der Waals surface area contributed by atoms with Crippen LogP contribution in [0.25, 0.3) is 16.8 Å². The van der Waals surface area contributed by atoms with Crippen molar-refractivity contribution in [2.45, 2.75) is 76.7 Å². The van der Waals surface area contributed by atoms with Crippen LogP contribution < -0.4 is 16.1 Å². The number of benzene rings is 1. The highest BCUT2D eigenvalue weighted by Crippen LogP contribution is 2.25. The smallest absolute Gasteiger partial charge is 0.258 e. The zero-order valence-corrected chi connectivity index (χ0v) is 21.8. The van der Waals surface area contributed by atoms with Gasteiger partial charge in [0.05, 0.1) is 23.9 Å². The van der Waals surface area contributed by atoms with Gasteiger partial charge in [0, 0.05) is 24.5 Å². The van der Waals surface area contributed by atoms with E-state index in [1.165, 1.54) is 18.9 Å². The van der Waals surface area contributed by atoms with Crippen molar-refractivity contribution < 1.29 is 29.3 Å². The summed E-state index contributed by atoms with van der Waals surface area (Å²) in [6.45, 7) is 5.15. The van der Waals surface area contributed by atoms with Crippen molar-refractivity contribution in [1.82, 2.24) is 26.1 Å². The largest absolute Gasteiger partial charge is 0.391 e. The zero-order valence-electron chi connectivity index (χ0n) is 21.8. The van der Waals surface area contributed by atoms with Gasteiger partial charge in [-0.15, -0.1) is 0 Å². The first-order valence-electron chi connectivity index (χ1n) is 12.9. The van der Waals surface area contributed by atoms with Gasteiger partial charge < -0.3 is 25.6 Å². The molecule has 3 amide bonds. The summed E-state index contributed by atoms with van der Waals surface area (Å²) in [5.41, 5.74) is 4.54. The predicted octanol–water partition coefficient (Wildman–Crippen LogP) is 0.914. The van der Waals surface area contributed by atoms with Crippen molar-refractivity contribution in [2.75, 3.05) is 6.54 Å². The number of aliphatic hydroxyl groups is 2. The highest BCUT2D eigenvalue weighted by Gasteiger charge is 2.33. The van der Waals surface area contributed by atoms with Gasteiger partial charge in [-0.05, 0) is 62.8 Å². The van der Waals surface area contributed by atoms with Gasteiger partial charge in [0.2, 0.25) is 11.8 Å². The van der Waals surface area contributed by atoms with E-state index in [1.54, 1.807) is 18.3 Å². The molecule has 204 valence electrons. The number of aromatic nitrogens is 1. The first-order chi connectivity index (χ1) is 18.1. The lowest BCUT2D eigenvalue weighted by molar-refractivity contribution is -0.171. The number of hydrazine groups is 1. The molecule has 0 spiro atoms. The molecule has 0 aliphatic carbocycles. The minimum atomic E-state index is -1.24. The molecule has 6 atom stereocenters. The molecule has 3 heterocycles. The molecule has 0 saturated carbocycles. The van der Waals surface area contributed by atoms with Crippen LogP contribution in [-0.2, 0) is 19.1 Å². The zero-order chi connectivity index (χ0) is 27.4. The van der Waals surface area contributed by atoms with Gasteiger partial charge in [0.15, 0.2) is 6.29 Å². The molecule has 4 rings (SSSR count). The van der Waals surface area contributed by atoms with Gasteiger partial charge in [0.1, 0.15) is 12.1 Å². The number of carbonyl (C=O) groups is 3. The molecule has 1 aromatic carbocycles. The van der Waals surface area contributed by atoms with E-state index in [1.807, 2.05) is 31.2 Å². The van der Waals surface area contributed by atoms with Crippen LogP contribution in [0.1, 0.15) is 57.4 Å². The number of fused-ring (bicyclic) bond motifs is 4. The minimum absolute atomic E-state index is 0.0351. The van der Waals surface area contributed by atoms with Crippen LogP contribution in [0.4, 0.5) is 0 Å². The van der Waals surface area contributed by atoms with E-state index >= 15 is 0 Å².